The Balaban J connectivity index is 2.67. The van der Waals surface area contributed by atoms with Crippen LogP contribution in [0.3, 0.4) is 0 Å². The van der Waals surface area contributed by atoms with Crippen molar-refractivity contribution < 1.29 is 9.53 Å². The number of hydrogen-bond acceptors (Lipinski definition) is 4. The molecule has 0 unspecified atom stereocenters. The second-order valence-electron chi connectivity index (χ2n) is 4.69. The lowest BCUT2D eigenvalue weighted by Gasteiger charge is -2.05. The largest absolute Gasteiger partial charge is 0.490 e. The van der Waals surface area contributed by atoms with Gasteiger partial charge in [-0.25, -0.2) is 0 Å². The zero-order valence-electron chi connectivity index (χ0n) is 12.3. The zero-order valence-corrected chi connectivity index (χ0v) is 12.3. The van der Waals surface area contributed by atoms with Gasteiger partial charge in [0.2, 0.25) is 0 Å². The highest BCUT2D eigenvalue weighted by atomic mass is 16.5. The number of carbonyl (C=O) groups excluding carboxylic acids is 1. The van der Waals surface area contributed by atoms with Gasteiger partial charge in [0.1, 0.15) is 6.07 Å². The molecule has 0 radical (unpaired) electrons. The van der Waals surface area contributed by atoms with E-state index in [2.05, 4.69) is 6.07 Å². The fraction of sp³-hybridized carbons (Fsp3) is 0.250. The topological polar surface area (TPSA) is 58.3 Å². The second-order valence-corrected chi connectivity index (χ2v) is 4.69. The molecule has 0 spiro atoms. The van der Waals surface area contributed by atoms with Crippen molar-refractivity contribution in [2.75, 3.05) is 20.7 Å². The first-order chi connectivity index (χ1) is 10.1. The van der Waals surface area contributed by atoms with E-state index in [1.54, 1.807) is 17.2 Å². The predicted octanol–water partition coefficient (Wildman–Crippen LogP) is 2.63. The fourth-order valence-corrected chi connectivity index (χ4v) is 2.12. The molecule has 0 N–H and O–H groups in total. The lowest BCUT2D eigenvalue weighted by atomic mass is 10.2. The van der Waals surface area contributed by atoms with Gasteiger partial charge in [0, 0.05) is 31.8 Å². The number of hydrogen-bond donors (Lipinski definition) is 0. The van der Waals surface area contributed by atoms with E-state index in [1.165, 1.54) is 10.6 Å². The summed E-state index contributed by atoms with van der Waals surface area (Å²) in [4.78, 5) is 14.2. The van der Waals surface area contributed by atoms with Crippen LogP contribution in [0.1, 0.15) is 17.4 Å². The second kappa shape index (κ2) is 6.14. The van der Waals surface area contributed by atoms with Gasteiger partial charge in [-0.05, 0) is 19.1 Å². The van der Waals surface area contributed by atoms with Crippen LogP contribution in [0.2, 0.25) is 0 Å². The number of para-hydroxylation sites is 1. The molecule has 0 aliphatic rings. The summed E-state index contributed by atoms with van der Waals surface area (Å²) in [7, 11) is 3.66. The van der Waals surface area contributed by atoms with Gasteiger partial charge in [0.25, 0.3) is 5.91 Å². The highest BCUT2D eigenvalue weighted by molar-refractivity contribution is 6.02. The normalized spacial score (nSPS) is 10.8. The highest BCUT2D eigenvalue weighted by Gasteiger charge is 2.20. The Morgan fingerprint density at radius 1 is 1.43 bits per heavy atom. The Hall–Kier alpha value is -2.74. The molecule has 2 aromatic rings. The van der Waals surface area contributed by atoms with Crippen molar-refractivity contribution in [3.05, 3.63) is 42.2 Å². The monoisotopic (exact) mass is 283 g/mol. The van der Waals surface area contributed by atoms with Crippen LogP contribution in [0.4, 0.5) is 0 Å². The Kier molecular flexibility index (Phi) is 4.29. The third-order valence-electron chi connectivity index (χ3n) is 2.96. The third-order valence-corrected chi connectivity index (χ3v) is 2.96. The van der Waals surface area contributed by atoms with Crippen LogP contribution in [-0.4, -0.2) is 36.1 Å². The lowest BCUT2D eigenvalue weighted by molar-refractivity contribution is 0.0971. The summed E-state index contributed by atoms with van der Waals surface area (Å²) < 4.78 is 6.96. The number of ether oxygens (including phenoxy) is 1. The number of nitriles is 1. The number of rotatable bonds is 4. The summed E-state index contributed by atoms with van der Waals surface area (Å²) in [6.45, 7) is 2.28. The van der Waals surface area contributed by atoms with E-state index >= 15 is 0 Å². The first-order valence-corrected chi connectivity index (χ1v) is 6.65. The SMILES string of the molecule is CCOc1c(C#N)n(C(=O)/C=C/N(C)C)c2ccccc12. The zero-order chi connectivity index (χ0) is 15.4. The molecule has 0 aliphatic heterocycles. The number of allylic oxidation sites excluding steroid dienone is 1. The summed E-state index contributed by atoms with van der Waals surface area (Å²) in [5.74, 6) is 0.185. The summed E-state index contributed by atoms with van der Waals surface area (Å²) in [5.41, 5.74) is 0.900. The molecular weight excluding hydrogens is 266 g/mol. The van der Waals surface area contributed by atoms with Crippen molar-refractivity contribution in [3.8, 4) is 11.8 Å². The van der Waals surface area contributed by atoms with Crippen LogP contribution in [0, 0.1) is 11.3 Å². The van der Waals surface area contributed by atoms with Crippen LogP contribution >= 0.6 is 0 Å². The van der Waals surface area contributed by atoms with Gasteiger partial charge in [0.05, 0.1) is 12.1 Å². The van der Waals surface area contributed by atoms with E-state index in [9.17, 15) is 10.1 Å². The first-order valence-electron chi connectivity index (χ1n) is 6.65. The van der Waals surface area contributed by atoms with Crippen molar-refractivity contribution in [2.45, 2.75) is 6.92 Å². The molecule has 1 heterocycles. The molecule has 2 rings (SSSR count). The van der Waals surface area contributed by atoms with Gasteiger partial charge in [-0.3, -0.25) is 9.36 Å². The van der Waals surface area contributed by atoms with Gasteiger partial charge in [-0.2, -0.15) is 5.26 Å². The quantitative estimate of drug-likeness (QED) is 0.809. The molecule has 5 nitrogen and oxygen atoms in total. The molecule has 0 atom stereocenters. The molecule has 0 amide bonds. The van der Waals surface area contributed by atoms with Gasteiger partial charge < -0.3 is 9.64 Å². The molecular formula is C16H17N3O2. The minimum atomic E-state index is -0.276. The maximum Gasteiger partial charge on any atom is 0.257 e. The molecule has 0 saturated carbocycles. The average Bonchev–Trinajstić information content (AvgIpc) is 2.79. The molecule has 1 aromatic heterocycles. The maximum absolute atomic E-state index is 12.4. The van der Waals surface area contributed by atoms with E-state index in [4.69, 9.17) is 4.74 Å². The number of fused-ring (bicyclic) bond motifs is 1. The van der Waals surface area contributed by atoms with Crippen LogP contribution in [0.15, 0.2) is 36.5 Å². The highest BCUT2D eigenvalue weighted by Crippen LogP contribution is 2.32. The smallest absolute Gasteiger partial charge is 0.257 e. The number of benzene rings is 1. The third kappa shape index (κ3) is 2.75. The molecule has 0 saturated heterocycles. The summed E-state index contributed by atoms with van der Waals surface area (Å²) in [5, 5.41) is 10.2. The molecule has 21 heavy (non-hydrogen) atoms. The maximum atomic E-state index is 12.4. The lowest BCUT2D eigenvalue weighted by Crippen LogP contribution is -2.11. The molecule has 0 bridgehead atoms. The van der Waals surface area contributed by atoms with Crippen molar-refractivity contribution in [3.63, 3.8) is 0 Å². The average molecular weight is 283 g/mol. The van der Waals surface area contributed by atoms with E-state index in [1.807, 2.05) is 39.2 Å². The molecule has 108 valence electrons. The number of aromatic nitrogens is 1. The van der Waals surface area contributed by atoms with Crippen LogP contribution in [0.25, 0.3) is 10.9 Å². The van der Waals surface area contributed by atoms with E-state index in [0.717, 1.165) is 5.39 Å². The van der Waals surface area contributed by atoms with Crippen molar-refractivity contribution >= 4 is 16.8 Å². The van der Waals surface area contributed by atoms with Gasteiger partial charge in [-0.1, -0.05) is 12.1 Å². The van der Waals surface area contributed by atoms with Crippen molar-refractivity contribution in [2.24, 2.45) is 0 Å². The van der Waals surface area contributed by atoms with E-state index in [0.29, 0.717) is 17.9 Å². The minimum absolute atomic E-state index is 0.228. The Morgan fingerprint density at radius 2 is 2.14 bits per heavy atom. The van der Waals surface area contributed by atoms with Gasteiger partial charge in [-0.15, -0.1) is 0 Å². The Bertz CT molecular complexity index is 736. The molecule has 0 fully saturated rings. The summed E-state index contributed by atoms with van der Waals surface area (Å²) in [6, 6.07) is 9.42. The Labute approximate surface area is 123 Å². The van der Waals surface area contributed by atoms with Gasteiger partial charge in [0.15, 0.2) is 11.4 Å². The van der Waals surface area contributed by atoms with Crippen molar-refractivity contribution in [1.82, 2.24) is 9.47 Å². The van der Waals surface area contributed by atoms with Crippen LogP contribution in [0.5, 0.6) is 5.75 Å². The summed E-state index contributed by atoms with van der Waals surface area (Å²) in [6.07, 6.45) is 3.08. The number of nitrogens with zero attached hydrogens (tertiary/aromatic N) is 3. The molecule has 0 aliphatic carbocycles. The van der Waals surface area contributed by atoms with E-state index in [-0.39, 0.29) is 11.6 Å². The molecule has 5 heteroatoms. The predicted molar refractivity (Wildman–Crippen MR) is 81.3 cm³/mol. The van der Waals surface area contributed by atoms with Crippen molar-refractivity contribution in [1.29, 1.82) is 5.26 Å². The molecule has 1 aromatic carbocycles. The van der Waals surface area contributed by atoms with Gasteiger partial charge >= 0.3 is 0 Å². The number of carbonyl (C=O) groups is 1. The minimum Gasteiger partial charge on any atom is -0.490 e. The van der Waals surface area contributed by atoms with Crippen LogP contribution in [-0.2, 0) is 0 Å². The Morgan fingerprint density at radius 3 is 2.76 bits per heavy atom. The summed E-state index contributed by atoms with van der Waals surface area (Å²) >= 11 is 0. The van der Waals surface area contributed by atoms with Crippen LogP contribution < -0.4 is 4.74 Å². The van der Waals surface area contributed by atoms with E-state index < -0.39 is 0 Å². The first kappa shape index (κ1) is 14.7. The fourth-order valence-electron chi connectivity index (χ4n) is 2.12. The standard InChI is InChI=1S/C16H17N3O2/c1-4-21-16-12-7-5-6-8-13(12)19(14(16)11-17)15(20)9-10-18(2)3/h5-10H,4H2,1-3H3/b10-9+.